The molecule has 1 aliphatic heterocycles. The van der Waals surface area contributed by atoms with Crippen LogP contribution in [0.3, 0.4) is 0 Å². The van der Waals surface area contributed by atoms with Crippen molar-refractivity contribution in [3.63, 3.8) is 0 Å². The second-order valence-corrected chi connectivity index (χ2v) is 4.87. The molecule has 0 aliphatic carbocycles. The van der Waals surface area contributed by atoms with Crippen molar-refractivity contribution in [2.75, 3.05) is 0 Å². The summed E-state index contributed by atoms with van der Waals surface area (Å²) < 4.78 is 0. The molecule has 1 aliphatic rings. The third-order valence-corrected chi connectivity index (χ3v) is 3.68. The number of benzene rings is 1. The van der Waals surface area contributed by atoms with Gasteiger partial charge in [-0.15, -0.1) is 11.8 Å². The molecule has 1 heterocycles. The maximum absolute atomic E-state index is 11.6. The van der Waals surface area contributed by atoms with Crippen molar-refractivity contribution in [2.24, 2.45) is 0 Å². The summed E-state index contributed by atoms with van der Waals surface area (Å²) in [5, 5.41) is 1.94. The van der Waals surface area contributed by atoms with E-state index < -0.39 is 0 Å². The van der Waals surface area contributed by atoms with E-state index in [4.69, 9.17) is 0 Å². The third-order valence-electron chi connectivity index (χ3n) is 2.30. The van der Waals surface area contributed by atoms with Crippen LogP contribution in [0.5, 0.6) is 0 Å². The monoisotopic (exact) mass is 221 g/mol. The molecule has 78 valence electrons. The van der Waals surface area contributed by atoms with Crippen LogP contribution >= 0.6 is 11.8 Å². The smallest absolute Gasteiger partial charge is 0.244 e. The molecule has 2 rings (SSSR count). The molecule has 1 aromatic rings. The Morgan fingerprint density at radius 3 is 2.47 bits per heavy atom. The highest BCUT2D eigenvalue weighted by Crippen LogP contribution is 2.35. The zero-order valence-electron chi connectivity index (χ0n) is 8.27. The van der Waals surface area contributed by atoms with E-state index in [-0.39, 0.29) is 22.3 Å². The van der Waals surface area contributed by atoms with Crippen molar-refractivity contribution in [1.29, 1.82) is 0 Å². The van der Waals surface area contributed by atoms with Gasteiger partial charge in [-0.25, -0.2) is 0 Å². The van der Waals surface area contributed by atoms with E-state index in [2.05, 4.69) is 5.32 Å². The van der Waals surface area contributed by atoms with Gasteiger partial charge in [0, 0.05) is 0 Å². The number of hydrogen-bond donors (Lipinski definition) is 1. The normalized spacial score (nSPS) is 26.2. The molecule has 1 N–H and O–H groups in total. The number of carbonyl (C=O) groups excluding carboxylic acids is 2. The second kappa shape index (κ2) is 4.06. The van der Waals surface area contributed by atoms with Gasteiger partial charge in [-0.2, -0.15) is 0 Å². The van der Waals surface area contributed by atoms with Crippen LogP contribution in [-0.4, -0.2) is 17.1 Å². The number of hydrogen-bond acceptors (Lipinski definition) is 3. The Morgan fingerprint density at radius 2 is 1.80 bits per heavy atom. The first kappa shape index (κ1) is 10.2. The maximum Gasteiger partial charge on any atom is 0.244 e. The number of thioether (sulfide) groups is 1. The SMILES string of the molecule is C[C@H]1S[C@@H](c2ccccc2)C(=O)NC1=O. The molecule has 2 amide bonds. The van der Waals surface area contributed by atoms with Crippen LogP contribution in [0.2, 0.25) is 0 Å². The molecule has 0 bridgehead atoms. The van der Waals surface area contributed by atoms with Crippen LogP contribution in [-0.2, 0) is 9.59 Å². The lowest BCUT2D eigenvalue weighted by molar-refractivity contribution is -0.130. The van der Waals surface area contributed by atoms with Crippen molar-refractivity contribution >= 4 is 23.6 Å². The summed E-state index contributed by atoms with van der Waals surface area (Å²) in [7, 11) is 0. The molecule has 0 spiro atoms. The summed E-state index contributed by atoms with van der Waals surface area (Å²) in [6, 6.07) is 9.50. The number of rotatable bonds is 1. The molecule has 0 saturated carbocycles. The third kappa shape index (κ3) is 2.04. The van der Waals surface area contributed by atoms with Gasteiger partial charge in [0.25, 0.3) is 0 Å². The molecule has 0 unspecified atom stereocenters. The fourth-order valence-electron chi connectivity index (χ4n) is 1.47. The summed E-state index contributed by atoms with van der Waals surface area (Å²) in [5.74, 6) is -0.411. The average Bonchev–Trinajstić information content (AvgIpc) is 2.25. The molecule has 2 atom stereocenters. The Kier molecular flexibility index (Phi) is 2.77. The van der Waals surface area contributed by atoms with Crippen molar-refractivity contribution in [2.45, 2.75) is 17.4 Å². The number of amides is 2. The predicted molar refractivity (Wildman–Crippen MR) is 59.4 cm³/mol. The lowest BCUT2D eigenvalue weighted by atomic mass is 10.1. The lowest BCUT2D eigenvalue weighted by Crippen LogP contribution is -2.43. The number of imide groups is 1. The van der Waals surface area contributed by atoms with Crippen molar-refractivity contribution in [3.05, 3.63) is 35.9 Å². The van der Waals surface area contributed by atoms with Crippen LogP contribution in [0.1, 0.15) is 17.7 Å². The molecule has 3 nitrogen and oxygen atoms in total. The van der Waals surface area contributed by atoms with Gasteiger partial charge in [-0.3, -0.25) is 14.9 Å². The zero-order valence-corrected chi connectivity index (χ0v) is 9.08. The first-order valence-electron chi connectivity index (χ1n) is 4.73. The van der Waals surface area contributed by atoms with Gasteiger partial charge in [0.1, 0.15) is 5.25 Å². The topological polar surface area (TPSA) is 46.2 Å². The van der Waals surface area contributed by atoms with E-state index in [1.807, 2.05) is 37.3 Å². The van der Waals surface area contributed by atoms with Gasteiger partial charge in [0.05, 0.1) is 5.25 Å². The number of carbonyl (C=O) groups is 2. The van der Waals surface area contributed by atoms with Crippen LogP contribution in [0, 0.1) is 0 Å². The Hall–Kier alpha value is -1.29. The predicted octanol–water partition coefficient (Wildman–Crippen LogP) is 1.51. The Balaban J connectivity index is 2.23. The van der Waals surface area contributed by atoms with E-state index in [0.717, 1.165) is 5.56 Å². The summed E-state index contributed by atoms with van der Waals surface area (Å²) in [6.45, 7) is 1.81. The van der Waals surface area contributed by atoms with E-state index >= 15 is 0 Å². The van der Waals surface area contributed by atoms with Gasteiger partial charge in [-0.05, 0) is 12.5 Å². The molecular weight excluding hydrogens is 210 g/mol. The highest BCUT2D eigenvalue weighted by atomic mass is 32.2. The first-order chi connectivity index (χ1) is 7.18. The highest BCUT2D eigenvalue weighted by Gasteiger charge is 2.33. The molecule has 1 saturated heterocycles. The molecule has 0 aromatic heterocycles. The van der Waals surface area contributed by atoms with Crippen LogP contribution in [0.25, 0.3) is 0 Å². The Bertz CT molecular complexity index is 391. The van der Waals surface area contributed by atoms with Crippen molar-refractivity contribution < 1.29 is 9.59 Å². The Labute approximate surface area is 92.2 Å². The summed E-state index contributed by atoms with van der Waals surface area (Å²) >= 11 is 1.39. The van der Waals surface area contributed by atoms with Crippen LogP contribution in [0.4, 0.5) is 0 Å². The molecule has 1 aromatic carbocycles. The minimum atomic E-state index is -0.265. The molecule has 0 radical (unpaired) electrons. The van der Waals surface area contributed by atoms with Gasteiger partial charge >= 0.3 is 0 Å². The lowest BCUT2D eigenvalue weighted by Gasteiger charge is -2.25. The average molecular weight is 221 g/mol. The van der Waals surface area contributed by atoms with Crippen LogP contribution in [0.15, 0.2) is 30.3 Å². The quantitative estimate of drug-likeness (QED) is 0.731. The van der Waals surface area contributed by atoms with Gasteiger partial charge in [-0.1, -0.05) is 30.3 Å². The van der Waals surface area contributed by atoms with E-state index in [1.165, 1.54) is 11.8 Å². The highest BCUT2D eigenvalue weighted by molar-refractivity contribution is 8.01. The summed E-state index contributed by atoms with van der Waals surface area (Å²) in [6.07, 6.45) is 0. The van der Waals surface area contributed by atoms with Gasteiger partial charge < -0.3 is 0 Å². The maximum atomic E-state index is 11.6. The molecule has 1 fully saturated rings. The minimum absolute atomic E-state index is 0.173. The van der Waals surface area contributed by atoms with Crippen LogP contribution < -0.4 is 5.32 Å². The minimum Gasteiger partial charge on any atom is -0.294 e. The molecular formula is C11H11NO2S. The fourth-order valence-corrected chi connectivity index (χ4v) is 2.56. The summed E-state index contributed by atoms with van der Waals surface area (Å²) in [5.41, 5.74) is 0.944. The second-order valence-electron chi connectivity index (χ2n) is 3.42. The Morgan fingerprint density at radius 1 is 1.13 bits per heavy atom. The largest absolute Gasteiger partial charge is 0.294 e. The standard InChI is InChI=1S/C11H11NO2S/c1-7-10(13)12-11(14)9(15-7)8-5-3-2-4-6-8/h2-7,9H,1H3,(H,12,13,14)/t7-,9+/m1/s1. The summed E-state index contributed by atoms with van der Waals surface area (Å²) in [4.78, 5) is 22.8. The van der Waals surface area contributed by atoms with E-state index in [1.54, 1.807) is 0 Å². The number of nitrogens with one attached hydrogen (secondary N) is 1. The van der Waals surface area contributed by atoms with Crippen molar-refractivity contribution in [1.82, 2.24) is 5.32 Å². The van der Waals surface area contributed by atoms with Gasteiger partial charge in [0.15, 0.2) is 0 Å². The van der Waals surface area contributed by atoms with Gasteiger partial charge in [0.2, 0.25) is 11.8 Å². The van der Waals surface area contributed by atoms with Crippen molar-refractivity contribution in [3.8, 4) is 0 Å². The molecule has 15 heavy (non-hydrogen) atoms. The van der Waals surface area contributed by atoms with E-state index in [9.17, 15) is 9.59 Å². The fraction of sp³-hybridized carbons (Fsp3) is 0.273. The zero-order chi connectivity index (χ0) is 10.8. The molecule has 4 heteroatoms. The first-order valence-corrected chi connectivity index (χ1v) is 5.68. The van der Waals surface area contributed by atoms with E-state index in [0.29, 0.717) is 0 Å².